The number of likely N-dealkylation sites (tertiary alicyclic amines) is 1. The molecule has 1 amide bonds. The lowest BCUT2D eigenvalue weighted by Gasteiger charge is -2.09. The van der Waals surface area contributed by atoms with Gasteiger partial charge in [-0.05, 0) is 12.7 Å². The smallest absolute Gasteiger partial charge is 0.239 e. The van der Waals surface area contributed by atoms with E-state index in [0.29, 0.717) is 0 Å². The molecule has 0 aromatic rings. The van der Waals surface area contributed by atoms with Crippen molar-refractivity contribution in [3.05, 3.63) is 11.8 Å². The van der Waals surface area contributed by atoms with Crippen molar-refractivity contribution < 1.29 is 4.79 Å². The second-order valence-electron chi connectivity index (χ2n) is 2.83. The maximum atomic E-state index is 11.5. The lowest BCUT2D eigenvalue weighted by atomic mass is 10.3. The number of carbonyl (C=O) groups is 1. The van der Waals surface area contributed by atoms with E-state index in [-0.39, 0.29) is 11.2 Å². The highest BCUT2D eigenvalue weighted by atomic mass is 32.2. The van der Waals surface area contributed by atoms with E-state index in [1.165, 1.54) is 0 Å². The summed E-state index contributed by atoms with van der Waals surface area (Å²) in [7, 11) is 1.86. The van der Waals surface area contributed by atoms with E-state index in [0.717, 1.165) is 17.9 Å². The Morgan fingerprint density at radius 2 is 2.42 bits per heavy atom. The molecule has 0 radical (unpaired) electrons. The van der Waals surface area contributed by atoms with Crippen LogP contribution in [0, 0.1) is 0 Å². The molecule has 0 spiro atoms. The van der Waals surface area contributed by atoms with Gasteiger partial charge in [0.15, 0.2) is 0 Å². The average molecular weight is 185 g/mol. The van der Waals surface area contributed by atoms with Gasteiger partial charge in [-0.2, -0.15) is 0 Å². The molecular weight excluding hydrogens is 170 g/mol. The van der Waals surface area contributed by atoms with E-state index in [4.69, 9.17) is 0 Å². The first-order valence-corrected chi connectivity index (χ1v) is 5.30. The van der Waals surface area contributed by atoms with E-state index >= 15 is 0 Å². The molecule has 2 nitrogen and oxygen atoms in total. The van der Waals surface area contributed by atoms with Gasteiger partial charge in [-0.25, -0.2) is 0 Å². The Balaban J connectivity index is 2.67. The molecule has 0 saturated carbocycles. The van der Waals surface area contributed by atoms with Crippen LogP contribution in [-0.4, -0.2) is 28.9 Å². The number of thioether (sulfide) groups is 1. The summed E-state index contributed by atoms with van der Waals surface area (Å²) in [4.78, 5) is 13.3. The summed E-state index contributed by atoms with van der Waals surface area (Å²) < 4.78 is 0. The van der Waals surface area contributed by atoms with Crippen molar-refractivity contribution in [3.63, 3.8) is 0 Å². The van der Waals surface area contributed by atoms with Gasteiger partial charge in [0.1, 0.15) is 0 Å². The Morgan fingerprint density at radius 1 is 1.75 bits per heavy atom. The molecule has 68 valence electrons. The maximum absolute atomic E-state index is 11.5. The highest BCUT2D eigenvalue weighted by Gasteiger charge is 2.32. The predicted octanol–water partition coefficient (Wildman–Crippen LogP) is 1.87. The molecule has 1 rings (SSSR count). The topological polar surface area (TPSA) is 20.3 Å². The van der Waals surface area contributed by atoms with Crippen molar-refractivity contribution in [2.45, 2.75) is 25.5 Å². The second kappa shape index (κ2) is 3.99. The Kier molecular flexibility index (Phi) is 3.20. The molecule has 1 saturated heterocycles. The minimum atomic E-state index is 0.172. The number of hydrogen-bond donors (Lipinski definition) is 0. The van der Waals surface area contributed by atoms with Crippen LogP contribution in [0.3, 0.4) is 0 Å². The van der Waals surface area contributed by atoms with E-state index in [1.54, 1.807) is 16.7 Å². The molecule has 1 unspecified atom stereocenters. The molecule has 1 aliphatic heterocycles. The molecule has 0 N–H and O–H groups in total. The fourth-order valence-corrected chi connectivity index (χ4v) is 2.41. The third kappa shape index (κ3) is 1.66. The average Bonchev–Trinajstić information content (AvgIpc) is 2.33. The van der Waals surface area contributed by atoms with Crippen LogP contribution in [0.15, 0.2) is 11.8 Å². The van der Waals surface area contributed by atoms with Crippen LogP contribution in [0.2, 0.25) is 0 Å². The minimum Gasteiger partial charge on any atom is -0.319 e. The van der Waals surface area contributed by atoms with Crippen LogP contribution in [0.1, 0.15) is 20.3 Å². The molecule has 0 bridgehead atoms. The zero-order valence-electron chi connectivity index (χ0n) is 7.83. The molecule has 3 heteroatoms. The van der Waals surface area contributed by atoms with E-state index in [2.05, 4.69) is 6.92 Å². The summed E-state index contributed by atoms with van der Waals surface area (Å²) in [6, 6.07) is 0. The van der Waals surface area contributed by atoms with Crippen LogP contribution in [0.5, 0.6) is 0 Å². The Hall–Kier alpha value is -0.440. The highest BCUT2D eigenvalue weighted by Crippen LogP contribution is 2.29. The number of allylic oxidation sites excluding steroid dienone is 2. The number of carbonyl (C=O) groups excluding carboxylic acids is 1. The summed E-state index contributed by atoms with van der Waals surface area (Å²) in [5, 5.41) is 0.172. The third-order valence-corrected chi connectivity index (χ3v) is 3.24. The summed E-state index contributed by atoms with van der Waals surface area (Å²) in [5.41, 5.74) is 1.16. The van der Waals surface area contributed by atoms with Gasteiger partial charge in [-0.1, -0.05) is 13.0 Å². The first-order valence-electron chi connectivity index (χ1n) is 4.25. The molecule has 0 aromatic carbocycles. The largest absolute Gasteiger partial charge is 0.319 e. The van der Waals surface area contributed by atoms with Crippen molar-refractivity contribution in [1.82, 2.24) is 4.90 Å². The lowest BCUT2D eigenvalue weighted by molar-refractivity contribution is -0.125. The number of nitrogens with zero attached hydrogens (tertiary/aromatic N) is 1. The first kappa shape index (κ1) is 9.65. The van der Waals surface area contributed by atoms with Gasteiger partial charge < -0.3 is 4.90 Å². The quantitative estimate of drug-likeness (QED) is 0.654. The van der Waals surface area contributed by atoms with E-state index < -0.39 is 0 Å². The molecule has 0 aromatic heterocycles. The number of hydrogen-bond acceptors (Lipinski definition) is 2. The van der Waals surface area contributed by atoms with E-state index in [9.17, 15) is 4.79 Å². The molecule has 1 atom stereocenters. The van der Waals surface area contributed by atoms with Crippen molar-refractivity contribution in [1.29, 1.82) is 0 Å². The summed E-state index contributed by atoms with van der Waals surface area (Å²) in [5.74, 6) is 1.27. The standard InChI is InChI=1S/C9H15NOS/c1-4-7-6-8(12-5-2)9(11)10(7)3/h4,8H,5-6H2,1-3H3. The van der Waals surface area contributed by atoms with Gasteiger partial charge in [-0.3, -0.25) is 4.79 Å². The van der Waals surface area contributed by atoms with Crippen molar-refractivity contribution in [2.75, 3.05) is 12.8 Å². The van der Waals surface area contributed by atoms with Crippen LogP contribution in [0.4, 0.5) is 0 Å². The molecular formula is C9H15NOS. The fraction of sp³-hybridized carbons (Fsp3) is 0.667. The molecule has 12 heavy (non-hydrogen) atoms. The highest BCUT2D eigenvalue weighted by molar-refractivity contribution is 8.00. The predicted molar refractivity (Wildman–Crippen MR) is 53.1 cm³/mol. The fourth-order valence-electron chi connectivity index (χ4n) is 1.41. The van der Waals surface area contributed by atoms with Crippen LogP contribution in [-0.2, 0) is 4.79 Å². The molecule has 1 fully saturated rings. The van der Waals surface area contributed by atoms with Crippen molar-refractivity contribution in [2.24, 2.45) is 0 Å². The van der Waals surface area contributed by atoms with Gasteiger partial charge in [0, 0.05) is 19.2 Å². The Morgan fingerprint density at radius 3 is 2.83 bits per heavy atom. The molecule has 0 aliphatic carbocycles. The van der Waals surface area contributed by atoms with Crippen molar-refractivity contribution in [3.8, 4) is 0 Å². The SMILES string of the molecule is CC=C1CC(SCC)C(=O)N1C. The Bertz CT molecular complexity index is 213. The van der Waals surface area contributed by atoms with Gasteiger partial charge >= 0.3 is 0 Å². The Labute approximate surface area is 78.0 Å². The normalized spacial score (nSPS) is 27.2. The summed E-state index contributed by atoms with van der Waals surface area (Å²) >= 11 is 1.74. The monoisotopic (exact) mass is 185 g/mol. The van der Waals surface area contributed by atoms with Crippen LogP contribution in [0.25, 0.3) is 0 Å². The zero-order valence-corrected chi connectivity index (χ0v) is 8.65. The van der Waals surface area contributed by atoms with Gasteiger partial charge in [0.2, 0.25) is 5.91 Å². The first-order chi connectivity index (χ1) is 5.70. The zero-order chi connectivity index (χ0) is 9.14. The van der Waals surface area contributed by atoms with Gasteiger partial charge in [-0.15, -0.1) is 11.8 Å². The minimum absolute atomic E-state index is 0.172. The maximum Gasteiger partial charge on any atom is 0.239 e. The van der Waals surface area contributed by atoms with Gasteiger partial charge in [0.05, 0.1) is 5.25 Å². The van der Waals surface area contributed by atoms with Crippen LogP contribution >= 0.6 is 11.8 Å². The van der Waals surface area contributed by atoms with E-state index in [1.807, 2.05) is 20.0 Å². The van der Waals surface area contributed by atoms with Crippen LogP contribution < -0.4 is 0 Å². The summed E-state index contributed by atoms with van der Waals surface area (Å²) in [6.45, 7) is 4.07. The second-order valence-corrected chi connectivity index (χ2v) is 4.31. The number of amides is 1. The number of rotatable bonds is 2. The molecule has 1 heterocycles. The van der Waals surface area contributed by atoms with Gasteiger partial charge in [0.25, 0.3) is 0 Å². The summed E-state index contributed by atoms with van der Waals surface area (Å²) in [6.07, 6.45) is 2.93. The molecule has 1 aliphatic rings. The lowest BCUT2D eigenvalue weighted by Crippen LogP contribution is -2.23. The third-order valence-electron chi connectivity index (χ3n) is 2.13. The van der Waals surface area contributed by atoms with Crippen molar-refractivity contribution >= 4 is 17.7 Å².